The number of nitrogens with two attached hydrogens (primary N) is 1. The van der Waals surface area contributed by atoms with E-state index in [1.54, 1.807) is 18.3 Å². The Labute approximate surface area is 84.5 Å². The van der Waals surface area contributed by atoms with Crippen molar-refractivity contribution in [1.29, 1.82) is 0 Å². The maximum atomic E-state index is 5.78. The van der Waals surface area contributed by atoms with Gasteiger partial charge in [0.1, 0.15) is 16.5 Å². The lowest BCUT2D eigenvalue weighted by molar-refractivity contribution is 1.32. The predicted molar refractivity (Wildman–Crippen MR) is 54.0 cm³/mol. The molecule has 2 heterocycles. The monoisotopic (exact) mass is 213 g/mol. The smallest absolute Gasteiger partial charge is 0.149 e. The minimum absolute atomic E-state index is 0.244. The van der Waals surface area contributed by atoms with Crippen LogP contribution in [-0.2, 0) is 0 Å². The number of nitrogen functional groups attached to an aromatic ring is 1. The fraction of sp³-hybridized carbons (Fsp3) is 0. The molecule has 2 aromatic heterocycles. The van der Waals surface area contributed by atoms with Crippen LogP contribution in [-0.4, -0.2) is 9.97 Å². The van der Waals surface area contributed by atoms with Crippen LogP contribution in [0.4, 0.5) is 5.82 Å². The summed E-state index contributed by atoms with van der Waals surface area (Å²) in [6, 6.07) is 3.49. The lowest BCUT2D eigenvalue weighted by Crippen LogP contribution is -1.93. The Morgan fingerprint density at radius 2 is 2.08 bits per heavy atom. The van der Waals surface area contributed by atoms with Gasteiger partial charge in [-0.1, -0.05) is 23.2 Å². The van der Waals surface area contributed by atoms with E-state index >= 15 is 0 Å². The number of aromatic nitrogens is 2. The van der Waals surface area contributed by atoms with E-state index in [4.69, 9.17) is 28.9 Å². The van der Waals surface area contributed by atoms with Crippen molar-refractivity contribution < 1.29 is 0 Å². The Morgan fingerprint density at radius 1 is 1.31 bits per heavy atom. The molecule has 2 N–H and O–H groups in total. The molecule has 0 unspecified atom stereocenters. The van der Waals surface area contributed by atoms with Gasteiger partial charge in [-0.2, -0.15) is 0 Å². The second-order valence-corrected chi connectivity index (χ2v) is 3.29. The molecule has 3 nitrogen and oxygen atoms in total. The molecule has 0 saturated carbocycles. The van der Waals surface area contributed by atoms with Crippen LogP contribution in [0.25, 0.3) is 10.9 Å². The Kier molecular flexibility index (Phi) is 1.98. The average molecular weight is 214 g/mol. The molecule has 66 valence electrons. The van der Waals surface area contributed by atoms with Crippen LogP contribution < -0.4 is 5.73 Å². The highest BCUT2D eigenvalue weighted by Gasteiger charge is 2.04. The fourth-order valence-corrected chi connectivity index (χ4v) is 1.37. The molecule has 13 heavy (non-hydrogen) atoms. The Hall–Kier alpha value is -1.06. The van der Waals surface area contributed by atoms with Gasteiger partial charge in [0, 0.05) is 11.6 Å². The third-order valence-corrected chi connectivity index (χ3v) is 2.35. The fourth-order valence-electron chi connectivity index (χ4n) is 1.07. The zero-order valence-electron chi connectivity index (χ0n) is 6.46. The minimum atomic E-state index is 0.244. The van der Waals surface area contributed by atoms with E-state index in [0.29, 0.717) is 16.4 Å². The predicted octanol–water partition coefficient (Wildman–Crippen LogP) is 2.52. The number of hydrogen-bond donors (Lipinski definition) is 1. The van der Waals surface area contributed by atoms with Gasteiger partial charge in [0.05, 0.1) is 5.02 Å². The van der Waals surface area contributed by atoms with Crippen molar-refractivity contribution in [3.05, 3.63) is 28.5 Å². The largest absolute Gasteiger partial charge is 0.382 e. The quantitative estimate of drug-likeness (QED) is 0.685. The lowest BCUT2D eigenvalue weighted by Gasteiger charge is -2.01. The highest BCUT2D eigenvalue weighted by molar-refractivity contribution is 6.41. The van der Waals surface area contributed by atoms with Crippen molar-refractivity contribution in [1.82, 2.24) is 9.97 Å². The number of fused-ring (bicyclic) bond motifs is 1. The number of rotatable bonds is 0. The maximum Gasteiger partial charge on any atom is 0.149 e. The Bertz CT molecular complexity index is 470. The molecule has 0 saturated heterocycles. The molecule has 0 bridgehead atoms. The zero-order valence-corrected chi connectivity index (χ0v) is 7.97. The summed E-state index contributed by atoms with van der Waals surface area (Å²) in [6.07, 6.45) is 1.60. The van der Waals surface area contributed by atoms with Gasteiger partial charge in [-0.05, 0) is 12.1 Å². The van der Waals surface area contributed by atoms with E-state index in [9.17, 15) is 0 Å². The SMILES string of the molecule is Nc1nccc2cc(Cl)c(Cl)nc12. The van der Waals surface area contributed by atoms with Gasteiger partial charge in [0.2, 0.25) is 0 Å². The Balaban J connectivity index is 2.89. The summed E-state index contributed by atoms with van der Waals surface area (Å²) < 4.78 is 0. The molecular formula is C8H5Cl2N3. The van der Waals surface area contributed by atoms with Gasteiger partial charge in [-0.25, -0.2) is 9.97 Å². The first-order valence-corrected chi connectivity index (χ1v) is 4.30. The molecule has 0 aliphatic heterocycles. The number of anilines is 1. The summed E-state index contributed by atoms with van der Waals surface area (Å²) in [4.78, 5) is 7.91. The third kappa shape index (κ3) is 1.41. The van der Waals surface area contributed by atoms with E-state index in [1.165, 1.54) is 0 Å². The number of pyridine rings is 2. The highest BCUT2D eigenvalue weighted by Crippen LogP contribution is 2.26. The molecule has 2 rings (SSSR count). The summed E-state index contributed by atoms with van der Waals surface area (Å²) in [6.45, 7) is 0. The van der Waals surface area contributed by atoms with Crippen molar-refractivity contribution in [2.45, 2.75) is 0 Å². The van der Waals surface area contributed by atoms with Crippen molar-refractivity contribution >= 4 is 39.9 Å². The van der Waals surface area contributed by atoms with Crippen LogP contribution in [0.1, 0.15) is 0 Å². The molecule has 0 fully saturated rings. The number of nitrogens with zero attached hydrogens (tertiary/aromatic N) is 2. The number of hydrogen-bond acceptors (Lipinski definition) is 3. The standard InChI is InChI=1S/C8H5Cl2N3/c9-5-3-4-1-2-12-8(11)6(4)13-7(5)10/h1-3H,(H2,11,12). The van der Waals surface area contributed by atoms with Crippen LogP contribution in [0, 0.1) is 0 Å². The van der Waals surface area contributed by atoms with Crippen LogP contribution >= 0.6 is 23.2 Å². The van der Waals surface area contributed by atoms with Crippen molar-refractivity contribution in [3.8, 4) is 0 Å². The van der Waals surface area contributed by atoms with E-state index < -0.39 is 0 Å². The Morgan fingerprint density at radius 3 is 2.85 bits per heavy atom. The summed E-state index contributed by atoms with van der Waals surface area (Å²) in [7, 11) is 0. The summed E-state index contributed by atoms with van der Waals surface area (Å²) in [5, 5.41) is 1.50. The second kappa shape index (κ2) is 3.01. The zero-order chi connectivity index (χ0) is 9.42. The topological polar surface area (TPSA) is 51.8 Å². The third-order valence-electron chi connectivity index (χ3n) is 1.67. The second-order valence-electron chi connectivity index (χ2n) is 2.53. The molecule has 0 spiro atoms. The summed E-state index contributed by atoms with van der Waals surface area (Å²) in [5.41, 5.74) is 6.18. The summed E-state index contributed by atoms with van der Waals surface area (Å²) >= 11 is 11.5. The van der Waals surface area contributed by atoms with Crippen LogP contribution in [0.2, 0.25) is 10.2 Å². The molecule has 0 aliphatic rings. The first-order valence-electron chi connectivity index (χ1n) is 3.55. The normalized spacial score (nSPS) is 10.6. The van der Waals surface area contributed by atoms with Gasteiger partial charge in [0.15, 0.2) is 0 Å². The first-order chi connectivity index (χ1) is 6.18. The van der Waals surface area contributed by atoms with Crippen LogP contribution in [0.15, 0.2) is 18.3 Å². The molecule has 0 radical (unpaired) electrons. The van der Waals surface area contributed by atoms with Gasteiger partial charge in [-0.3, -0.25) is 0 Å². The van der Waals surface area contributed by atoms with Crippen LogP contribution in [0.3, 0.4) is 0 Å². The first kappa shape index (κ1) is 8.53. The molecular weight excluding hydrogens is 209 g/mol. The molecule has 2 aromatic rings. The van der Waals surface area contributed by atoms with E-state index in [2.05, 4.69) is 9.97 Å². The molecule has 0 atom stereocenters. The average Bonchev–Trinajstić information content (AvgIpc) is 2.09. The van der Waals surface area contributed by atoms with Gasteiger partial charge in [-0.15, -0.1) is 0 Å². The van der Waals surface area contributed by atoms with Crippen molar-refractivity contribution in [2.24, 2.45) is 0 Å². The van der Waals surface area contributed by atoms with Crippen molar-refractivity contribution in [3.63, 3.8) is 0 Å². The van der Waals surface area contributed by atoms with Gasteiger partial charge < -0.3 is 5.73 Å². The van der Waals surface area contributed by atoms with E-state index in [0.717, 1.165) is 5.39 Å². The highest BCUT2D eigenvalue weighted by atomic mass is 35.5. The van der Waals surface area contributed by atoms with Crippen LogP contribution in [0.5, 0.6) is 0 Å². The molecule has 5 heteroatoms. The maximum absolute atomic E-state index is 5.78. The molecule has 0 aromatic carbocycles. The molecule has 0 aliphatic carbocycles. The van der Waals surface area contributed by atoms with Crippen molar-refractivity contribution in [2.75, 3.05) is 5.73 Å². The lowest BCUT2D eigenvalue weighted by atomic mass is 10.2. The van der Waals surface area contributed by atoms with E-state index in [-0.39, 0.29) is 5.15 Å². The van der Waals surface area contributed by atoms with Gasteiger partial charge in [0.25, 0.3) is 0 Å². The molecule has 0 amide bonds. The summed E-state index contributed by atoms with van der Waals surface area (Å²) in [5.74, 6) is 0.357. The van der Waals surface area contributed by atoms with E-state index in [1.807, 2.05) is 0 Å². The minimum Gasteiger partial charge on any atom is -0.382 e. The number of halogens is 2. The van der Waals surface area contributed by atoms with Gasteiger partial charge >= 0.3 is 0 Å².